The van der Waals surface area contributed by atoms with Crippen LogP contribution in [0.15, 0.2) is 91.0 Å². The summed E-state index contributed by atoms with van der Waals surface area (Å²) < 4.78 is 80.8. The Morgan fingerprint density at radius 3 is 0.667 bits per heavy atom. The number of anilines is 3. The molecular weight excluding hydrogens is 955 g/mol. The van der Waals surface area contributed by atoms with Crippen molar-refractivity contribution in [1.29, 1.82) is 0 Å². The van der Waals surface area contributed by atoms with Gasteiger partial charge in [-0.25, -0.2) is 28.8 Å². The summed E-state index contributed by atoms with van der Waals surface area (Å²) >= 11 is 0. The molecule has 4 aromatic carbocycles. The van der Waals surface area contributed by atoms with Crippen molar-refractivity contribution in [3.63, 3.8) is 0 Å². The third-order valence-corrected chi connectivity index (χ3v) is 11.6. The first-order valence-electron chi connectivity index (χ1n) is 22.7. The number of hydrogen-bond acceptors (Lipinski definition) is 24. The van der Waals surface area contributed by atoms with Crippen molar-refractivity contribution in [2.24, 2.45) is 0 Å². The maximum absolute atomic E-state index is 11.7. The maximum Gasteiger partial charge on any atom is 0.508 e. The van der Waals surface area contributed by atoms with Gasteiger partial charge in [-0.05, 0) is 72.8 Å². The van der Waals surface area contributed by atoms with Gasteiger partial charge in [-0.1, -0.05) is 0 Å². The Kier molecular flexibility index (Phi) is 13.8. The quantitative estimate of drug-likeness (QED) is 0.0622. The van der Waals surface area contributed by atoms with Gasteiger partial charge in [-0.2, -0.15) is 0 Å². The zero-order valence-corrected chi connectivity index (χ0v) is 38.0. The van der Waals surface area contributed by atoms with Crippen LogP contribution in [-0.2, 0) is 56.8 Å². The van der Waals surface area contributed by atoms with E-state index in [-0.39, 0.29) is 78.9 Å². The number of hydrogen-bond donors (Lipinski definition) is 0. The Labute approximate surface area is 408 Å². The molecule has 4 aromatic rings. The summed E-state index contributed by atoms with van der Waals surface area (Å²) in [6.07, 6.45) is -7.88. The fourth-order valence-corrected chi connectivity index (χ4v) is 8.37. The molecule has 0 aromatic heterocycles. The van der Waals surface area contributed by atoms with E-state index in [1.165, 1.54) is 0 Å². The van der Waals surface area contributed by atoms with Crippen LogP contribution in [0.25, 0.3) is 0 Å². The molecule has 378 valence electrons. The Morgan fingerprint density at radius 2 is 0.500 bits per heavy atom. The van der Waals surface area contributed by atoms with Crippen LogP contribution in [0.5, 0.6) is 34.5 Å². The third kappa shape index (κ3) is 12.2. The Morgan fingerprint density at radius 1 is 0.306 bits per heavy atom. The van der Waals surface area contributed by atoms with Gasteiger partial charge in [-0.3, -0.25) is 0 Å². The highest BCUT2D eigenvalue weighted by atomic mass is 16.8. The van der Waals surface area contributed by atoms with Crippen molar-refractivity contribution in [1.82, 2.24) is 0 Å². The highest BCUT2D eigenvalue weighted by Crippen LogP contribution is 2.37. The van der Waals surface area contributed by atoms with Gasteiger partial charge in [0.1, 0.15) is 74.1 Å². The number of benzene rings is 4. The number of ether oxygens (including phenoxy) is 15. The maximum atomic E-state index is 11.7. The van der Waals surface area contributed by atoms with Crippen molar-refractivity contribution in [3.05, 3.63) is 91.0 Å². The minimum absolute atomic E-state index is 0.0684. The van der Waals surface area contributed by atoms with E-state index in [4.69, 9.17) is 71.1 Å². The molecule has 0 radical (unpaired) electrons. The van der Waals surface area contributed by atoms with E-state index in [1.54, 1.807) is 91.0 Å². The van der Waals surface area contributed by atoms with Crippen LogP contribution in [0.4, 0.5) is 45.8 Å². The molecule has 0 bridgehead atoms. The Bertz CT molecular complexity index is 2250. The van der Waals surface area contributed by atoms with Crippen molar-refractivity contribution < 1.29 is 99.8 Å². The molecule has 6 saturated heterocycles. The highest BCUT2D eigenvalue weighted by molar-refractivity contribution is 5.65. The first-order chi connectivity index (χ1) is 35.0. The molecule has 6 fully saturated rings. The second-order valence-electron chi connectivity index (χ2n) is 16.9. The van der Waals surface area contributed by atoms with Crippen LogP contribution in [0, 0.1) is 0 Å². The van der Waals surface area contributed by atoms with E-state index in [0.717, 1.165) is 0 Å². The predicted octanol–water partition coefficient (Wildman–Crippen LogP) is 6.70. The van der Waals surface area contributed by atoms with Gasteiger partial charge < -0.3 is 85.8 Å². The van der Waals surface area contributed by atoms with Gasteiger partial charge in [0.25, 0.3) is 0 Å². The van der Waals surface area contributed by atoms with Gasteiger partial charge >= 0.3 is 36.9 Å². The summed E-state index contributed by atoms with van der Waals surface area (Å²) in [5.41, 5.74) is 2.14. The smallest absolute Gasteiger partial charge is 0.457 e. The monoisotopic (exact) mass is 999 g/mol. The summed E-state index contributed by atoms with van der Waals surface area (Å²) in [6, 6.07) is 26.3. The van der Waals surface area contributed by atoms with Crippen molar-refractivity contribution in [2.75, 3.05) is 93.6 Å². The molecule has 6 atom stereocenters. The van der Waals surface area contributed by atoms with E-state index in [0.29, 0.717) is 51.6 Å². The summed E-state index contributed by atoms with van der Waals surface area (Å²) in [4.78, 5) is 75.9. The van der Waals surface area contributed by atoms with E-state index in [9.17, 15) is 28.8 Å². The fraction of sp³-hybridized carbons (Fsp3) is 0.375. The first kappa shape index (κ1) is 47.0. The third-order valence-electron chi connectivity index (χ3n) is 11.6. The van der Waals surface area contributed by atoms with E-state index >= 15 is 0 Å². The first-order valence-corrected chi connectivity index (χ1v) is 22.7. The molecule has 6 aliphatic heterocycles. The normalized spacial score (nSPS) is 22.8. The molecule has 72 heavy (non-hydrogen) atoms. The number of carbonyl (C=O) groups excluding carboxylic acids is 6. The van der Waals surface area contributed by atoms with Crippen LogP contribution in [0.3, 0.4) is 0 Å². The van der Waals surface area contributed by atoms with Crippen LogP contribution in [0.2, 0.25) is 0 Å². The van der Waals surface area contributed by atoms with E-state index in [1.807, 2.05) is 14.7 Å². The summed E-state index contributed by atoms with van der Waals surface area (Å²) in [7, 11) is 0. The molecule has 0 N–H and O–H groups in total. The lowest BCUT2D eigenvalue weighted by Gasteiger charge is -2.28. The lowest BCUT2D eigenvalue weighted by molar-refractivity contribution is 0.113. The second kappa shape index (κ2) is 21.1. The number of rotatable bonds is 21. The van der Waals surface area contributed by atoms with Crippen LogP contribution in [-0.4, -0.2) is 152 Å². The number of cyclic esters (lactones) is 12. The van der Waals surface area contributed by atoms with Gasteiger partial charge in [0.15, 0.2) is 36.6 Å². The van der Waals surface area contributed by atoms with Crippen LogP contribution < -0.4 is 28.9 Å². The van der Waals surface area contributed by atoms with Gasteiger partial charge in [0, 0.05) is 35.3 Å². The van der Waals surface area contributed by atoms with Crippen molar-refractivity contribution >= 4 is 54.0 Å². The van der Waals surface area contributed by atoms with E-state index < -0.39 is 73.6 Å². The molecule has 10 rings (SSSR count). The zero-order chi connectivity index (χ0) is 49.6. The fourth-order valence-electron chi connectivity index (χ4n) is 8.37. The average molecular weight is 1000 g/mol. The molecule has 0 aliphatic carbocycles. The topological polar surface area (TPSA) is 251 Å². The molecule has 24 nitrogen and oxygen atoms in total. The summed E-state index contributed by atoms with van der Waals surface area (Å²) in [6.45, 7) is 1.93. The zero-order valence-electron chi connectivity index (χ0n) is 38.0. The molecule has 0 spiro atoms. The minimum atomic E-state index is -0.760. The number of nitrogens with zero attached hydrogens (tertiary/aromatic N) is 3. The Balaban J connectivity index is 0.884. The SMILES string of the molecule is O=C1OCC(CN(CC2COC(=O)O2)c2ccc(Oc3cc(Oc4ccc(N(CC5COC(=O)O5)CC5COC(=O)O5)cc4)cc(Oc4ccc(N(CC5COC(=O)O5)CC5COC(=O)O5)cc4)c3)cc2)O1. The summed E-state index contributed by atoms with van der Waals surface area (Å²) in [5, 5.41) is 0. The second-order valence-corrected chi connectivity index (χ2v) is 16.9. The van der Waals surface area contributed by atoms with Gasteiger partial charge in [0.2, 0.25) is 0 Å². The van der Waals surface area contributed by atoms with Crippen molar-refractivity contribution in [2.45, 2.75) is 36.6 Å². The number of carbonyl (C=O) groups is 6. The van der Waals surface area contributed by atoms with Gasteiger partial charge in [0.05, 0.1) is 39.3 Å². The largest absolute Gasteiger partial charge is 0.508 e. The Hall–Kier alpha value is -8.70. The molecule has 0 saturated carbocycles. The summed E-state index contributed by atoms with van der Waals surface area (Å²) in [5.74, 6) is 2.34. The molecule has 6 unspecified atom stereocenters. The van der Waals surface area contributed by atoms with Crippen molar-refractivity contribution in [3.8, 4) is 34.5 Å². The molecule has 0 amide bonds. The highest BCUT2D eigenvalue weighted by Gasteiger charge is 2.35. The molecule has 24 heteroatoms. The lowest BCUT2D eigenvalue weighted by Crippen LogP contribution is -2.39. The predicted molar refractivity (Wildman–Crippen MR) is 240 cm³/mol. The van der Waals surface area contributed by atoms with Crippen LogP contribution in [0.1, 0.15) is 0 Å². The van der Waals surface area contributed by atoms with Gasteiger partial charge in [-0.15, -0.1) is 0 Å². The van der Waals surface area contributed by atoms with Crippen LogP contribution >= 0.6 is 0 Å². The molecular formula is C48H45N3O21. The molecule has 6 aliphatic rings. The lowest BCUT2D eigenvalue weighted by atomic mass is 10.2. The standard InChI is InChI=1S/C48H45N3O21/c52-43-58-22-37(67-43)16-49(17-38-23-59-44(53)68-38)28-1-7-31(8-2-28)64-34-13-35(65-32-9-3-29(4-10-32)50(18-39-24-60-45(54)69-39)19-40-25-61-46(55)70-40)15-36(14-34)66-33-11-5-30(6-12-33)51(20-41-26-62-47(56)71-41)21-42-27-63-48(57)72-42/h1-15,37-42H,16-27H2. The minimum Gasteiger partial charge on any atom is -0.457 e. The van der Waals surface area contributed by atoms with E-state index in [2.05, 4.69) is 0 Å². The average Bonchev–Trinajstić information content (AvgIpc) is 4.26. The molecule has 6 heterocycles.